The summed E-state index contributed by atoms with van der Waals surface area (Å²) in [7, 11) is 0. The normalized spacial score (nSPS) is 18.8. The third kappa shape index (κ3) is 7.06. The Morgan fingerprint density at radius 2 is 1.44 bits per heavy atom. The lowest BCUT2D eigenvalue weighted by atomic mass is 9.90. The van der Waals surface area contributed by atoms with Gasteiger partial charge in [0.15, 0.2) is 0 Å². The molecule has 0 amide bonds. The molecule has 1 heterocycles. The van der Waals surface area contributed by atoms with Crippen molar-refractivity contribution in [1.82, 2.24) is 5.32 Å². The fraction of sp³-hybridized carbons (Fsp3) is 1.00. The topological polar surface area (TPSA) is 38.0 Å². The van der Waals surface area contributed by atoms with Crippen LogP contribution >= 0.6 is 0 Å². The van der Waals surface area contributed by atoms with Gasteiger partial charge in [0.2, 0.25) is 0 Å². The number of hydrogen-bond donors (Lipinski definition) is 2. The fourth-order valence-electron chi connectivity index (χ4n) is 1.47. The van der Waals surface area contributed by atoms with Crippen LogP contribution in [0.25, 0.3) is 0 Å². The lowest BCUT2D eigenvalue weighted by molar-refractivity contribution is -0.160. The molecule has 1 atom stereocenters. The van der Waals surface area contributed by atoms with Gasteiger partial charge in [-0.2, -0.15) is 13.2 Å². The molecule has 0 saturated carbocycles. The maximum atomic E-state index is 12.1. The van der Waals surface area contributed by atoms with E-state index in [1.165, 1.54) is 0 Å². The van der Waals surface area contributed by atoms with Gasteiger partial charge in [0.05, 0.1) is 0 Å². The Morgan fingerprint density at radius 1 is 1.06 bits per heavy atom. The molecule has 0 bridgehead atoms. The molecular weight excluding hydrogens is 217 g/mol. The van der Waals surface area contributed by atoms with E-state index < -0.39 is 18.1 Å². The Balaban J connectivity index is 0. The van der Waals surface area contributed by atoms with Crippen molar-refractivity contribution in [2.24, 2.45) is 11.7 Å². The molecule has 0 spiro atoms. The van der Waals surface area contributed by atoms with Crippen LogP contribution in [0.15, 0.2) is 0 Å². The SMILES string of the molecule is CC.CC.NC(C1CCNCC1)C(F)(F)F. The first-order chi connectivity index (χ1) is 7.52. The van der Waals surface area contributed by atoms with Crippen molar-refractivity contribution >= 4 is 0 Å². The highest BCUT2D eigenvalue weighted by molar-refractivity contribution is 4.82. The van der Waals surface area contributed by atoms with E-state index in [1.807, 2.05) is 27.7 Å². The van der Waals surface area contributed by atoms with Crippen LogP contribution in [-0.4, -0.2) is 25.3 Å². The van der Waals surface area contributed by atoms with Crippen LogP contribution in [0.5, 0.6) is 0 Å². The van der Waals surface area contributed by atoms with Gasteiger partial charge in [0, 0.05) is 0 Å². The van der Waals surface area contributed by atoms with Crippen LogP contribution in [-0.2, 0) is 0 Å². The minimum atomic E-state index is -4.23. The van der Waals surface area contributed by atoms with Gasteiger partial charge in [0.25, 0.3) is 0 Å². The molecule has 100 valence electrons. The van der Waals surface area contributed by atoms with Crippen molar-refractivity contribution in [1.29, 1.82) is 0 Å². The standard InChI is InChI=1S/C7H13F3N2.2C2H6/c8-7(9,10)6(11)5-1-3-12-4-2-5;2*1-2/h5-6,12H,1-4,11H2;2*1-2H3. The Kier molecular flexibility index (Phi) is 11.2. The summed E-state index contributed by atoms with van der Waals surface area (Å²) < 4.78 is 36.3. The van der Waals surface area contributed by atoms with Gasteiger partial charge in [0.1, 0.15) is 6.04 Å². The van der Waals surface area contributed by atoms with Crippen LogP contribution < -0.4 is 11.1 Å². The molecule has 0 radical (unpaired) electrons. The summed E-state index contributed by atoms with van der Waals surface area (Å²) in [4.78, 5) is 0. The van der Waals surface area contributed by atoms with E-state index in [1.54, 1.807) is 0 Å². The van der Waals surface area contributed by atoms with Crippen molar-refractivity contribution in [2.45, 2.75) is 52.8 Å². The van der Waals surface area contributed by atoms with Gasteiger partial charge in [-0.15, -0.1) is 0 Å². The number of piperidine rings is 1. The number of nitrogens with one attached hydrogen (secondary N) is 1. The van der Waals surface area contributed by atoms with Crippen LogP contribution in [0.3, 0.4) is 0 Å². The van der Waals surface area contributed by atoms with Crippen molar-refractivity contribution in [3.8, 4) is 0 Å². The van der Waals surface area contributed by atoms with E-state index in [0.29, 0.717) is 25.9 Å². The highest BCUT2D eigenvalue weighted by atomic mass is 19.4. The molecule has 5 heteroatoms. The van der Waals surface area contributed by atoms with Crippen LogP contribution in [0.4, 0.5) is 13.2 Å². The summed E-state index contributed by atoms with van der Waals surface area (Å²) in [6.07, 6.45) is -3.18. The molecule has 1 aliphatic rings. The lowest BCUT2D eigenvalue weighted by Crippen LogP contribution is -2.47. The van der Waals surface area contributed by atoms with Gasteiger partial charge >= 0.3 is 6.18 Å². The Bertz CT molecular complexity index is 143. The predicted octanol–water partition coefficient (Wildman–Crippen LogP) is 2.93. The zero-order chi connectivity index (χ0) is 13.2. The molecule has 0 aromatic rings. The largest absolute Gasteiger partial charge is 0.403 e. The smallest absolute Gasteiger partial charge is 0.320 e. The molecule has 3 N–H and O–H groups in total. The molecule has 2 nitrogen and oxygen atoms in total. The van der Waals surface area contributed by atoms with E-state index >= 15 is 0 Å². The molecule has 1 unspecified atom stereocenters. The average Bonchev–Trinajstić information content (AvgIpc) is 2.33. The molecular formula is C11H25F3N2. The van der Waals surface area contributed by atoms with Crippen LogP contribution in [0.2, 0.25) is 0 Å². The van der Waals surface area contributed by atoms with Crippen LogP contribution in [0.1, 0.15) is 40.5 Å². The maximum Gasteiger partial charge on any atom is 0.403 e. The van der Waals surface area contributed by atoms with Crippen molar-refractivity contribution < 1.29 is 13.2 Å². The second kappa shape index (κ2) is 9.90. The summed E-state index contributed by atoms with van der Waals surface area (Å²) in [5.41, 5.74) is 5.07. The summed E-state index contributed by atoms with van der Waals surface area (Å²) in [6.45, 7) is 9.29. The lowest BCUT2D eigenvalue weighted by Gasteiger charge is -2.29. The third-order valence-electron chi connectivity index (χ3n) is 2.27. The van der Waals surface area contributed by atoms with Gasteiger partial charge in [-0.25, -0.2) is 0 Å². The Morgan fingerprint density at radius 3 is 1.75 bits per heavy atom. The number of hydrogen-bond acceptors (Lipinski definition) is 2. The number of halogens is 3. The van der Waals surface area contributed by atoms with Gasteiger partial charge in [-0.3, -0.25) is 0 Å². The average molecular weight is 242 g/mol. The van der Waals surface area contributed by atoms with E-state index in [-0.39, 0.29) is 0 Å². The van der Waals surface area contributed by atoms with Crippen molar-refractivity contribution in [3.05, 3.63) is 0 Å². The molecule has 1 rings (SSSR count). The first kappa shape index (κ1) is 18.1. The van der Waals surface area contributed by atoms with E-state index in [2.05, 4.69) is 5.32 Å². The summed E-state index contributed by atoms with van der Waals surface area (Å²) in [5, 5.41) is 3.00. The Labute approximate surface area is 96.8 Å². The molecule has 1 aliphatic heterocycles. The van der Waals surface area contributed by atoms with Crippen molar-refractivity contribution in [3.63, 3.8) is 0 Å². The second-order valence-electron chi connectivity index (χ2n) is 3.15. The molecule has 0 aromatic carbocycles. The number of nitrogens with two attached hydrogens (primary N) is 1. The molecule has 1 fully saturated rings. The highest BCUT2D eigenvalue weighted by Gasteiger charge is 2.41. The molecule has 16 heavy (non-hydrogen) atoms. The van der Waals surface area contributed by atoms with E-state index in [0.717, 1.165) is 0 Å². The Hall–Kier alpha value is -0.290. The fourth-order valence-corrected chi connectivity index (χ4v) is 1.47. The van der Waals surface area contributed by atoms with E-state index in [4.69, 9.17) is 5.73 Å². The van der Waals surface area contributed by atoms with E-state index in [9.17, 15) is 13.2 Å². The van der Waals surface area contributed by atoms with Gasteiger partial charge in [-0.05, 0) is 31.8 Å². The molecule has 0 aliphatic carbocycles. The third-order valence-corrected chi connectivity index (χ3v) is 2.27. The zero-order valence-electron chi connectivity index (χ0n) is 10.7. The summed E-state index contributed by atoms with van der Waals surface area (Å²) >= 11 is 0. The summed E-state index contributed by atoms with van der Waals surface area (Å²) in [6, 6.07) is -1.64. The first-order valence-corrected chi connectivity index (χ1v) is 6.05. The monoisotopic (exact) mass is 242 g/mol. The highest BCUT2D eigenvalue weighted by Crippen LogP contribution is 2.28. The van der Waals surface area contributed by atoms with Crippen molar-refractivity contribution in [2.75, 3.05) is 13.1 Å². The molecule has 0 aromatic heterocycles. The minimum absolute atomic E-state index is 0.397. The van der Waals surface area contributed by atoms with Crippen LogP contribution in [0, 0.1) is 5.92 Å². The second-order valence-corrected chi connectivity index (χ2v) is 3.15. The number of alkyl halides is 3. The quantitative estimate of drug-likeness (QED) is 0.742. The predicted molar refractivity (Wildman–Crippen MR) is 62.3 cm³/mol. The zero-order valence-corrected chi connectivity index (χ0v) is 10.7. The minimum Gasteiger partial charge on any atom is -0.320 e. The van der Waals surface area contributed by atoms with Gasteiger partial charge < -0.3 is 11.1 Å². The summed E-state index contributed by atoms with van der Waals surface area (Å²) in [5.74, 6) is -0.397. The van der Waals surface area contributed by atoms with Gasteiger partial charge in [-0.1, -0.05) is 27.7 Å². The number of rotatable bonds is 1. The molecule has 1 saturated heterocycles. The maximum absolute atomic E-state index is 12.1. The first-order valence-electron chi connectivity index (χ1n) is 6.05.